The van der Waals surface area contributed by atoms with E-state index in [0.717, 1.165) is 0 Å². The zero-order valence-electron chi connectivity index (χ0n) is 10.4. The maximum absolute atomic E-state index is 12.5. The van der Waals surface area contributed by atoms with Crippen LogP contribution in [0.3, 0.4) is 0 Å². The number of carbonyl (C=O) groups is 1. The summed E-state index contributed by atoms with van der Waals surface area (Å²) in [4.78, 5) is 11.1. The molecule has 0 aromatic carbocycles. The van der Waals surface area contributed by atoms with Crippen LogP contribution < -0.4 is 0 Å². The van der Waals surface area contributed by atoms with Crippen molar-refractivity contribution in [3.63, 3.8) is 0 Å². The summed E-state index contributed by atoms with van der Waals surface area (Å²) in [6, 6.07) is 0. The van der Waals surface area contributed by atoms with Crippen molar-refractivity contribution in [3.05, 3.63) is 12.2 Å². The van der Waals surface area contributed by atoms with Gasteiger partial charge >= 0.3 is 18.3 Å². The number of halogens is 6. The van der Waals surface area contributed by atoms with Crippen LogP contribution in [0.2, 0.25) is 0 Å². The van der Waals surface area contributed by atoms with Gasteiger partial charge in [0.1, 0.15) is 0 Å². The minimum atomic E-state index is -5.47. The van der Waals surface area contributed by atoms with Crippen LogP contribution >= 0.6 is 0 Å². The number of esters is 1. The van der Waals surface area contributed by atoms with E-state index in [1.165, 1.54) is 0 Å². The van der Waals surface area contributed by atoms with Crippen LogP contribution in [0.25, 0.3) is 0 Å². The van der Waals surface area contributed by atoms with Gasteiger partial charge in [-0.05, 0) is 13.3 Å². The van der Waals surface area contributed by atoms with E-state index in [0.29, 0.717) is 0 Å². The Morgan fingerprint density at radius 1 is 1.11 bits per heavy atom. The average Bonchev–Trinajstić information content (AvgIpc) is 2.24. The van der Waals surface area contributed by atoms with Crippen LogP contribution in [0.1, 0.15) is 26.7 Å². The number of hydrogen-bond donors (Lipinski definition) is 0. The molecule has 0 rings (SSSR count). The molecule has 0 saturated carbocycles. The second kappa shape index (κ2) is 5.83. The monoisotopic (exact) mass is 292 g/mol. The van der Waals surface area contributed by atoms with Gasteiger partial charge in [-0.3, -0.25) is 0 Å². The minimum Gasteiger partial charge on any atom is -0.462 e. The normalized spacial score (nSPS) is 13.3. The summed E-state index contributed by atoms with van der Waals surface area (Å²) in [5.74, 6) is -0.991. The van der Waals surface area contributed by atoms with Gasteiger partial charge < -0.3 is 4.74 Å². The SMILES string of the molecule is C=C(CC)C(=O)OCCC(C)(C(F)(F)F)C(F)(F)F. The highest BCUT2D eigenvalue weighted by Gasteiger charge is 2.67. The van der Waals surface area contributed by atoms with Gasteiger partial charge in [-0.25, -0.2) is 4.79 Å². The molecule has 19 heavy (non-hydrogen) atoms. The molecule has 0 aromatic rings. The van der Waals surface area contributed by atoms with E-state index in [9.17, 15) is 31.1 Å². The molecule has 0 aliphatic heterocycles. The predicted octanol–water partition coefficient (Wildman–Crippen LogP) is 4.02. The van der Waals surface area contributed by atoms with Gasteiger partial charge in [-0.15, -0.1) is 0 Å². The van der Waals surface area contributed by atoms with Crippen LogP contribution in [0, 0.1) is 5.41 Å². The smallest absolute Gasteiger partial charge is 0.403 e. The molecular weight excluding hydrogens is 278 g/mol. The fourth-order valence-electron chi connectivity index (χ4n) is 1.04. The lowest BCUT2D eigenvalue weighted by Crippen LogP contribution is -2.48. The van der Waals surface area contributed by atoms with Crippen LogP contribution in [0.5, 0.6) is 0 Å². The molecule has 0 N–H and O–H groups in total. The first-order chi connectivity index (χ1) is 8.37. The van der Waals surface area contributed by atoms with Crippen molar-refractivity contribution in [1.29, 1.82) is 0 Å². The number of carbonyl (C=O) groups excluding carboxylic acids is 1. The molecule has 0 bridgehead atoms. The van der Waals surface area contributed by atoms with E-state index >= 15 is 0 Å². The van der Waals surface area contributed by atoms with Crippen LogP contribution in [-0.4, -0.2) is 24.9 Å². The Kier molecular flexibility index (Phi) is 5.46. The highest BCUT2D eigenvalue weighted by molar-refractivity contribution is 5.87. The van der Waals surface area contributed by atoms with Gasteiger partial charge in [0.25, 0.3) is 0 Å². The molecular formula is C11H14F6O2. The molecule has 2 nitrogen and oxygen atoms in total. The molecule has 112 valence electrons. The maximum atomic E-state index is 12.5. The van der Waals surface area contributed by atoms with Crippen molar-refractivity contribution in [2.24, 2.45) is 5.41 Å². The van der Waals surface area contributed by atoms with E-state index in [1.54, 1.807) is 6.92 Å². The Morgan fingerprint density at radius 3 is 1.84 bits per heavy atom. The van der Waals surface area contributed by atoms with E-state index in [4.69, 9.17) is 0 Å². The number of ether oxygens (including phenoxy) is 1. The Hall–Kier alpha value is -1.21. The lowest BCUT2D eigenvalue weighted by molar-refractivity contribution is -0.338. The summed E-state index contributed by atoms with van der Waals surface area (Å²) < 4.78 is 79.2. The molecule has 0 heterocycles. The first kappa shape index (κ1) is 17.8. The predicted molar refractivity (Wildman–Crippen MR) is 55.2 cm³/mol. The highest BCUT2D eigenvalue weighted by atomic mass is 19.4. The molecule has 0 amide bonds. The van der Waals surface area contributed by atoms with Gasteiger partial charge in [0.15, 0.2) is 5.41 Å². The second-order valence-electron chi connectivity index (χ2n) is 4.17. The van der Waals surface area contributed by atoms with Gasteiger partial charge in [0, 0.05) is 12.0 Å². The van der Waals surface area contributed by atoms with Crippen LogP contribution in [-0.2, 0) is 9.53 Å². The van der Waals surface area contributed by atoms with E-state index < -0.39 is 36.8 Å². The Labute approximate surface area is 106 Å². The van der Waals surface area contributed by atoms with E-state index in [-0.39, 0.29) is 18.9 Å². The molecule has 0 unspecified atom stereocenters. The Morgan fingerprint density at radius 2 is 1.53 bits per heavy atom. The van der Waals surface area contributed by atoms with Crippen molar-refractivity contribution in [1.82, 2.24) is 0 Å². The molecule has 0 saturated heterocycles. The van der Waals surface area contributed by atoms with Crippen molar-refractivity contribution in [2.75, 3.05) is 6.61 Å². The van der Waals surface area contributed by atoms with Gasteiger partial charge in [-0.1, -0.05) is 13.5 Å². The number of alkyl halides is 6. The molecule has 8 heteroatoms. The average molecular weight is 292 g/mol. The summed E-state index contributed by atoms with van der Waals surface area (Å²) in [6.07, 6.45) is -12.1. The first-order valence-electron chi connectivity index (χ1n) is 5.35. The third kappa shape index (κ3) is 4.14. The molecule has 0 spiro atoms. The number of hydrogen-bond acceptors (Lipinski definition) is 2. The quantitative estimate of drug-likeness (QED) is 0.434. The molecule has 0 aliphatic carbocycles. The third-order valence-corrected chi connectivity index (χ3v) is 2.80. The zero-order chi connectivity index (χ0) is 15.5. The fourth-order valence-corrected chi connectivity index (χ4v) is 1.04. The molecule has 0 aromatic heterocycles. The molecule has 0 atom stereocenters. The third-order valence-electron chi connectivity index (χ3n) is 2.80. The standard InChI is InChI=1S/C11H14F6O2/c1-4-7(2)8(18)19-6-5-9(3,10(12,13)14)11(15,16)17/h2,4-6H2,1,3H3. The largest absolute Gasteiger partial charge is 0.462 e. The van der Waals surface area contributed by atoms with E-state index in [2.05, 4.69) is 11.3 Å². The lowest BCUT2D eigenvalue weighted by atomic mass is 9.85. The summed E-state index contributed by atoms with van der Waals surface area (Å²) in [6.45, 7) is 3.88. The van der Waals surface area contributed by atoms with Crippen LogP contribution in [0.4, 0.5) is 26.3 Å². The lowest BCUT2D eigenvalue weighted by Gasteiger charge is -2.33. The van der Waals surface area contributed by atoms with Gasteiger partial charge in [0.2, 0.25) is 0 Å². The van der Waals surface area contributed by atoms with Gasteiger partial charge in [0.05, 0.1) is 6.61 Å². The maximum Gasteiger partial charge on any atom is 0.403 e. The van der Waals surface area contributed by atoms with Gasteiger partial charge in [-0.2, -0.15) is 26.3 Å². The highest BCUT2D eigenvalue weighted by Crippen LogP contribution is 2.52. The zero-order valence-corrected chi connectivity index (χ0v) is 10.4. The number of rotatable bonds is 5. The molecule has 0 radical (unpaired) electrons. The summed E-state index contributed by atoms with van der Waals surface area (Å²) in [5, 5.41) is 0. The van der Waals surface area contributed by atoms with Crippen molar-refractivity contribution in [3.8, 4) is 0 Å². The fraction of sp³-hybridized carbons (Fsp3) is 0.727. The Balaban J connectivity index is 4.74. The van der Waals surface area contributed by atoms with Crippen molar-refractivity contribution >= 4 is 5.97 Å². The molecule has 0 aliphatic rings. The summed E-state index contributed by atoms with van der Waals surface area (Å²) in [5.41, 5.74) is -3.92. The van der Waals surface area contributed by atoms with E-state index in [1.807, 2.05) is 0 Å². The van der Waals surface area contributed by atoms with Crippen molar-refractivity contribution in [2.45, 2.75) is 39.0 Å². The Bertz CT molecular complexity index is 328. The van der Waals surface area contributed by atoms with Crippen molar-refractivity contribution < 1.29 is 35.9 Å². The first-order valence-corrected chi connectivity index (χ1v) is 5.35. The second-order valence-corrected chi connectivity index (χ2v) is 4.17. The summed E-state index contributed by atoms with van der Waals surface area (Å²) >= 11 is 0. The summed E-state index contributed by atoms with van der Waals surface area (Å²) in [7, 11) is 0. The van der Waals surface area contributed by atoms with Crippen LogP contribution in [0.15, 0.2) is 12.2 Å². The minimum absolute atomic E-state index is 0.0132. The topological polar surface area (TPSA) is 26.3 Å². The molecule has 0 fully saturated rings.